The molecular weight excluding hydrogens is 618 g/mol. The number of rotatable bonds is 5. The molecule has 34 heavy (non-hydrogen) atoms. The Labute approximate surface area is 217 Å². The maximum absolute atomic E-state index is 13.1. The fourth-order valence-corrected chi connectivity index (χ4v) is 5.06. The van der Waals surface area contributed by atoms with Crippen molar-refractivity contribution in [2.75, 3.05) is 4.90 Å². The molecule has 6 nitrogen and oxygen atoms in total. The third-order valence-electron chi connectivity index (χ3n) is 5.02. The molecule has 1 N–H and O–H groups in total. The van der Waals surface area contributed by atoms with E-state index in [9.17, 15) is 18.8 Å². The number of halogens is 3. The van der Waals surface area contributed by atoms with E-state index in [1.165, 1.54) is 18.2 Å². The van der Waals surface area contributed by atoms with Gasteiger partial charge in [-0.1, -0.05) is 29.8 Å². The van der Waals surface area contributed by atoms with Crippen LogP contribution in [0, 0.1) is 16.3 Å². The fraction of sp³-hybridized carbons (Fsp3) is 0.0800. The average molecular weight is 635 g/mol. The zero-order valence-corrected chi connectivity index (χ0v) is 21.5. The summed E-state index contributed by atoms with van der Waals surface area (Å²) in [6, 6.07) is 15.5. The van der Waals surface area contributed by atoms with Crippen LogP contribution in [0.15, 0.2) is 70.7 Å². The molecule has 4 amide bonds. The number of hydrogen-bond donors (Lipinski definition) is 1. The van der Waals surface area contributed by atoms with Crippen molar-refractivity contribution in [2.45, 2.75) is 13.5 Å². The van der Waals surface area contributed by atoms with E-state index >= 15 is 0 Å². The lowest BCUT2D eigenvalue weighted by atomic mass is 10.1. The van der Waals surface area contributed by atoms with Gasteiger partial charge in [0.05, 0.1) is 13.7 Å². The Kier molecular flexibility index (Phi) is 7.13. The molecule has 0 aliphatic carbocycles. The largest absolute Gasteiger partial charge is 0.487 e. The summed E-state index contributed by atoms with van der Waals surface area (Å²) in [6.07, 6.45) is 1.43. The Morgan fingerprint density at radius 1 is 1.06 bits per heavy atom. The topological polar surface area (TPSA) is 75.7 Å². The van der Waals surface area contributed by atoms with Crippen LogP contribution in [0.1, 0.15) is 16.7 Å². The van der Waals surface area contributed by atoms with Crippen molar-refractivity contribution >= 4 is 68.1 Å². The summed E-state index contributed by atoms with van der Waals surface area (Å²) >= 11 is 5.56. The number of imide groups is 2. The van der Waals surface area contributed by atoms with E-state index in [0.717, 1.165) is 19.6 Å². The van der Waals surface area contributed by atoms with Gasteiger partial charge in [-0.25, -0.2) is 14.1 Å². The standard InChI is InChI=1S/C25H17BrFIN2O4/c1-14-2-8-18(9-3-14)30-24(32)19(23(31)29-25(30)33)10-16-11-20(26)22(21(28)12-16)34-13-15-4-6-17(27)7-5-15/h2-12H,13H2,1H3,(H,29,31,33)/b19-10+. The highest BCUT2D eigenvalue weighted by atomic mass is 127. The number of nitrogens with one attached hydrogen (secondary N) is 1. The Bertz CT molecular complexity index is 1300. The van der Waals surface area contributed by atoms with E-state index in [2.05, 4.69) is 43.8 Å². The summed E-state index contributed by atoms with van der Waals surface area (Å²) in [5, 5.41) is 2.22. The van der Waals surface area contributed by atoms with Gasteiger partial charge in [0.25, 0.3) is 11.8 Å². The summed E-state index contributed by atoms with van der Waals surface area (Å²) in [6.45, 7) is 2.13. The number of hydrogen-bond acceptors (Lipinski definition) is 4. The Morgan fingerprint density at radius 2 is 1.74 bits per heavy atom. The molecule has 0 unspecified atom stereocenters. The number of benzene rings is 3. The number of urea groups is 1. The molecule has 1 aliphatic rings. The molecule has 1 heterocycles. The summed E-state index contributed by atoms with van der Waals surface area (Å²) in [7, 11) is 0. The summed E-state index contributed by atoms with van der Waals surface area (Å²) in [5.74, 6) is -1.22. The van der Waals surface area contributed by atoms with Crippen molar-refractivity contribution in [3.05, 3.63) is 96.8 Å². The molecule has 0 bridgehead atoms. The molecule has 0 atom stereocenters. The van der Waals surface area contributed by atoms with E-state index in [4.69, 9.17) is 4.74 Å². The van der Waals surface area contributed by atoms with Gasteiger partial charge in [0.2, 0.25) is 0 Å². The average Bonchev–Trinajstić information content (AvgIpc) is 2.78. The lowest BCUT2D eigenvalue weighted by Crippen LogP contribution is -2.54. The van der Waals surface area contributed by atoms with Crippen molar-refractivity contribution in [3.63, 3.8) is 0 Å². The number of ether oxygens (including phenoxy) is 1. The van der Waals surface area contributed by atoms with Crippen LogP contribution in [0.3, 0.4) is 0 Å². The molecule has 4 rings (SSSR count). The Morgan fingerprint density at radius 3 is 2.38 bits per heavy atom. The SMILES string of the molecule is Cc1ccc(N2C(=O)NC(=O)/C(=C\c3cc(Br)c(OCc4ccc(F)cc4)c(I)c3)C2=O)cc1. The van der Waals surface area contributed by atoms with Crippen LogP contribution in [0.2, 0.25) is 0 Å². The van der Waals surface area contributed by atoms with Gasteiger partial charge in [-0.3, -0.25) is 14.9 Å². The highest BCUT2D eigenvalue weighted by Gasteiger charge is 2.36. The van der Waals surface area contributed by atoms with Gasteiger partial charge in [0.1, 0.15) is 23.7 Å². The minimum Gasteiger partial charge on any atom is -0.487 e. The second kappa shape index (κ2) is 10.1. The van der Waals surface area contributed by atoms with Gasteiger partial charge >= 0.3 is 6.03 Å². The van der Waals surface area contributed by atoms with Crippen LogP contribution in [0.5, 0.6) is 5.75 Å². The summed E-state index contributed by atoms with van der Waals surface area (Å²) < 4.78 is 20.3. The van der Waals surface area contributed by atoms with Gasteiger partial charge in [0, 0.05) is 0 Å². The number of barbiturate groups is 1. The van der Waals surface area contributed by atoms with Gasteiger partial charge < -0.3 is 4.74 Å². The van der Waals surface area contributed by atoms with Crippen LogP contribution in [-0.4, -0.2) is 17.8 Å². The summed E-state index contributed by atoms with van der Waals surface area (Å²) in [4.78, 5) is 38.8. The third kappa shape index (κ3) is 5.20. The zero-order valence-electron chi connectivity index (χ0n) is 17.8. The molecule has 0 aromatic heterocycles. The minimum atomic E-state index is -0.795. The lowest BCUT2D eigenvalue weighted by Gasteiger charge is -2.26. The normalized spacial score (nSPS) is 15.0. The third-order valence-corrected chi connectivity index (χ3v) is 6.41. The first-order valence-electron chi connectivity index (χ1n) is 10.1. The molecule has 3 aromatic carbocycles. The number of carbonyl (C=O) groups excluding carboxylic acids is 3. The molecule has 1 saturated heterocycles. The number of carbonyl (C=O) groups is 3. The molecule has 0 spiro atoms. The monoisotopic (exact) mass is 634 g/mol. The van der Waals surface area contributed by atoms with E-state index in [-0.39, 0.29) is 18.0 Å². The number of nitrogens with zero attached hydrogens (tertiary/aromatic N) is 1. The minimum absolute atomic E-state index is 0.164. The molecule has 0 radical (unpaired) electrons. The molecule has 1 fully saturated rings. The fourth-order valence-electron chi connectivity index (χ4n) is 3.29. The molecule has 1 aliphatic heterocycles. The second-order valence-electron chi connectivity index (χ2n) is 7.52. The smallest absolute Gasteiger partial charge is 0.335 e. The quantitative estimate of drug-likeness (QED) is 0.220. The first kappa shape index (κ1) is 24.1. The van der Waals surface area contributed by atoms with Gasteiger partial charge in [-0.05, 0) is 99.0 Å². The zero-order chi connectivity index (χ0) is 24.4. The predicted octanol–water partition coefficient (Wildman–Crippen LogP) is 5.75. The second-order valence-corrected chi connectivity index (χ2v) is 9.54. The molecule has 172 valence electrons. The van der Waals surface area contributed by atoms with Crippen LogP contribution in [-0.2, 0) is 16.2 Å². The predicted molar refractivity (Wildman–Crippen MR) is 138 cm³/mol. The number of amides is 4. The molecule has 3 aromatic rings. The Hall–Kier alpha value is -3.05. The van der Waals surface area contributed by atoms with Gasteiger partial charge in [-0.15, -0.1) is 0 Å². The van der Waals surface area contributed by atoms with E-state index in [1.807, 2.05) is 6.92 Å². The maximum Gasteiger partial charge on any atom is 0.335 e. The van der Waals surface area contributed by atoms with Crippen molar-refractivity contribution in [2.24, 2.45) is 0 Å². The van der Waals surface area contributed by atoms with E-state index in [1.54, 1.807) is 48.5 Å². The van der Waals surface area contributed by atoms with Crippen LogP contribution in [0.25, 0.3) is 6.08 Å². The highest BCUT2D eigenvalue weighted by molar-refractivity contribution is 14.1. The van der Waals surface area contributed by atoms with Gasteiger partial charge in [0.15, 0.2) is 0 Å². The van der Waals surface area contributed by atoms with Crippen molar-refractivity contribution in [3.8, 4) is 5.75 Å². The maximum atomic E-state index is 13.1. The first-order chi connectivity index (χ1) is 16.2. The number of anilines is 1. The number of aryl methyl sites for hydroxylation is 1. The van der Waals surface area contributed by atoms with Crippen molar-refractivity contribution in [1.82, 2.24) is 5.32 Å². The first-order valence-corrected chi connectivity index (χ1v) is 11.9. The van der Waals surface area contributed by atoms with Crippen LogP contribution in [0.4, 0.5) is 14.9 Å². The van der Waals surface area contributed by atoms with E-state index < -0.39 is 17.8 Å². The van der Waals surface area contributed by atoms with Gasteiger partial charge in [-0.2, -0.15) is 0 Å². The van der Waals surface area contributed by atoms with E-state index in [0.29, 0.717) is 21.5 Å². The Balaban J connectivity index is 1.60. The highest BCUT2D eigenvalue weighted by Crippen LogP contribution is 2.34. The van der Waals surface area contributed by atoms with Crippen LogP contribution >= 0.6 is 38.5 Å². The molecule has 0 saturated carbocycles. The van der Waals surface area contributed by atoms with Crippen molar-refractivity contribution in [1.29, 1.82) is 0 Å². The molecule has 9 heteroatoms. The van der Waals surface area contributed by atoms with Crippen LogP contribution < -0.4 is 15.0 Å². The molecular formula is C25H17BrFIN2O4. The van der Waals surface area contributed by atoms with Crippen molar-refractivity contribution < 1.29 is 23.5 Å². The summed E-state index contributed by atoms with van der Waals surface area (Å²) in [5.41, 5.74) is 2.55. The lowest BCUT2D eigenvalue weighted by molar-refractivity contribution is -0.122.